The van der Waals surface area contributed by atoms with Crippen LogP contribution in [-0.2, 0) is 6.54 Å². The highest BCUT2D eigenvalue weighted by molar-refractivity contribution is 5.96. The largest absolute Gasteiger partial charge is 0.350 e. The third-order valence-electron chi connectivity index (χ3n) is 6.18. The van der Waals surface area contributed by atoms with Crippen LogP contribution in [0.1, 0.15) is 41.3 Å². The number of anilines is 1. The van der Waals surface area contributed by atoms with E-state index >= 15 is 0 Å². The predicted octanol–water partition coefficient (Wildman–Crippen LogP) is 5.45. The fraction of sp³-hybridized carbons (Fsp3) is 0.259. The van der Waals surface area contributed by atoms with Crippen molar-refractivity contribution in [2.45, 2.75) is 33.2 Å². The molecule has 0 saturated carbocycles. The SMILES string of the molecule is CCN1C=CC=CC2=C1CCCN2C(=O)c1ccc(CNC(=O)Nc2c(F)cccc2F)c(C)c1. The average Bonchev–Trinajstić information content (AvgIpc) is 3.07. The minimum atomic E-state index is -0.850. The van der Waals surface area contributed by atoms with Crippen molar-refractivity contribution in [1.82, 2.24) is 15.1 Å². The van der Waals surface area contributed by atoms with Gasteiger partial charge in [-0.05, 0) is 74.2 Å². The second-order valence-electron chi connectivity index (χ2n) is 8.42. The lowest BCUT2D eigenvalue weighted by molar-refractivity contribution is 0.0794. The van der Waals surface area contributed by atoms with Gasteiger partial charge in [0, 0.05) is 37.1 Å². The van der Waals surface area contributed by atoms with E-state index in [1.165, 1.54) is 6.07 Å². The number of hydrogen-bond acceptors (Lipinski definition) is 3. The maximum absolute atomic E-state index is 13.7. The molecular formula is C27H28F2N4O2. The van der Waals surface area contributed by atoms with Crippen LogP contribution in [0.15, 0.2) is 72.2 Å². The predicted molar refractivity (Wildman–Crippen MR) is 131 cm³/mol. The Kier molecular flexibility index (Phi) is 7.29. The summed E-state index contributed by atoms with van der Waals surface area (Å²) in [6, 6.07) is 7.97. The highest BCUT2D eigenvalue weighted by atomic mass is 19.1. The Labute approximate surface area is 203 Å². The smallest absolute Gasteiger partial charge is 0.319 e. The number of carbonyl (C=O) groups is 2. The van der Waals surface area contributed by atoms with Crippen molar-refractivity contribution < 1.29 is 18.4 Å². The van der Waals surface area contributed by atoms with Gasteiger partial charge in [0.1, 0.15) is 17.3 Å². The maximum atomic E-state index is 13.7. The summed E-state index contributed by atoms with van der Waals surface area (Å²) in [5, 5.41) is 4.80. The minimum absolute atomic E-state index is 0.0739. The molecule has 2 N–H and O–H groups in total. The first-order chi connectivity index (χ1) is 16.9. The van der Waals surface area contributed by atoms with Crippen molar-refractivity contribution in [3.8, 4) is 0 Å². The third kappa shape index (κ3) is 5.26. The van der Waals surface area contributed by atoms with Gasteiger partial charge in [-0.1, -0.05) is 18.2 Å². The van der Waals surface area contributed by atoms with Crippen molar-refractivity contribution >= 4 is 17.6 Å². The Hall–Kier alpha value is -3.94. The first-order valence-electron chi connectivity index (χ1n) is 11.6. The Morgan fingerprint density at radius 1 is 1.09 bits per heavy atom. The summed E-state index contributed by atoms with van der Waals surface area (Å²) in [4.78, 5) is 29.6. The molecule has 0 aliphatic carbocycles. The zero-order valence-electron chi connectivity index (χ0n) is 19.8. The molecule has 2 heterocycles. The number of allylic oxidation sites excluding steroid dienone is 4. The minimum Gasteiger partial charge on any atom is -0.350 e. The van der Waals surface area contributed by atoms with Gasteiger partial charge in [0.25, 0.3) is 5.91 Å². The molecule has 0 atom stereocenters. The molecule has 35 heavy (non-hydrogen) atoms. The van der Waals surface area contributed by atoms with Crippen molar-refractivity contribution in [2.75, 3.05) is 18.4 Å². The molecule has 2 aromatic carbocycles. The highest BCUT2D eigenvalue weighted by Crippen LogP contribution is 2.29. The van der Waals surface area contributed by atoms with E-state index in [9.17, 15) is 18.4 Å². The Morgan fingerprint density at radius 2 is 1.86 bits per heavy atom. The van der Waals surface area contributed by atoms with Crippen molar-refractivity contribution in [3.63, 3.8) is 0 Å². The van der Waals surface area contributed by atoms with Crippen LogP contribution in [0.5, 0.6) is 0 Å². The average molecular weight is 479 g/mol. The summed E-state index contributed by atoms with van der Waals surface area (Å²) in [6.45, 7) is 5.56. The summed E-state index contributed by atoms with van der Waals surface area (Å²) in [5.74, 6) is -1.77. The molecule has 6 nitrogen and oxygen atoms in total. The second kappa shape index (κ2) is 10.5. The summed E-state index contributed by atoms with van der Waals surface area (Å²) >= 11 is 0. The number of hydrogen-bond donors (Lipinski definition) is 2. The van der Waals surface area contributed by atoms with Gasteiger partial charge in [0.05, 0.1) is 5.70 Å². The summed E-state index contributed by atoms with van der Waals surface area (Å²) in [7, 11) is 0. The maximum Gasteiger partial charge on any atom is 0.319 e. The number of carbonyl (C=O) groups excluding carboxylic acids is 2. The van der Waals surface area contributed by atoms with Gasteiger partial charge in [-0.15, -0.1) is 0 Å². The Balaban J connectivity index is 1.45. The van der Waals surface area contributed by atoms with Gasteiger partial charge >= 0.3 is 6.03 Å². The number of para-hydroxylation sites is 1. The van der Waals surface area contributed by atoms with Gasteiger partial charge in [-0.2, -0.15) is 0 Å². The Bertz CT molecular complexity index is 1220. The first-order valence-corrected chi connectivity index (χ1v) is 11.6. The molecule has 3 amide bonds. The van der Waals surface area contributed by atoms with Gasteiger partial charge in [-0.3, -0.25) is 4.79 Å². The quantitative estimate of drug-likeness (QED) is 0.601. The molecular weight excluding hydrogens is 450 g/mol. The van der Waals surface area contributed by atoms with E-state index in [1.54, 1.807) is 18.2 Å². The first kappa shape index (κ1) is 24.2. The number of nitrogens with zero attached hydrogens (tertiary/aromatic N) is 2. The van der Waals surface area contributed by atoms with E-state index in [-0.39, 0.29) is 12.5 Å². The molecule has 0 saturated heterocycles. The molecule has 0 unspecified atom stereocenters. The highest BCUT2D eigenvalue weighted by Gasteiger charge is 2.27. The molecule has 0 fully saturated rings. The molecule has 2 aliphatic rings. The fourth-order valence-electron chi connectivity index (χ4n) is 4.32. The van der Waals surface area contributed by atoms with E-state index in [0.717, 1.165) is 54.0 Å². The molecule has 0 spiro atoms. The zero-order chi connectivity index (χ0) is 24.9. The summed E-state index contributed by atoms with van der Waals surface area (Å²) in [6.07, 6.45) is 9.77. The number of rotatable bonds is 5. The van der Waals surface area contributed by atoms with E-state index in [2.05, 4.69) is 22.5 Å². The van der Waals surface area contributed by atoms with Crippen LogP contribution < -0.4 is 10.6 Å². The molecule has 2 aliphatic heterocycles. The summed E-state index contributed by atoms with van der Waals surface area (Å²) in [5.41, 5.74) is 3.75. The van der Waals surface area contributed by atoms with Gasteiger partial charge in [-0.25, -0.2) is 13.6 Å². The number of amides is 3. The van der Waals surface area contributed by atoms with Crippen LogP contribution in [0, 0.1) is 18.6 Å². The van der Waals surface area contributed by atoms with Gasteiger partial charge < -0.3 is 20.4 Å². The van der Waals surface area contributed by atoms with Crippen LogP contribution in [0.4, 0.5) is 19.3 Å². The second-order valence-corrected chi connectivity index (χ2v) is 8.42. The van der Waals surface area contributed by atoms with E-state index in [4.69, 9.17) is 0 Å². The molecule has 0 bridgehead atoms. The van der Waals surface area contributed by atoms with Crippen molar-refractivity contribution in [3.05, 3.63) is 101 Å². The molecule has 4 rings (SSSR count). The van der Waals surface area contributed by atoms with E-state index in [0.29, 0.717) is 12.1 Å². The van der Waals surface area contributed by atoms with Gasteiger partial charge in [0.2, 0.25) is 0 Å². The van der Waals surface area contributed by atoms with Gasteiger partial charge in [0.15, 0.2) is 0 Å². The van der Waals surface area contributed by atoms with Crippen LogP contribution in [0.2, 0.25) is 0 Å². The number of nitrogens with one attached hydrogen (secondary N) is 2. The molecule has 2 aromatic rings. The zero-order valence-corrected chi connectivity index (χ0v) is 19.8. The van der Waals surface area contributed by atoms with E-state index < -0.39 is 23.4 Å². The third-order valence-corrected chi connectivity index (χ3v) is 6.18. The van der Waals surface area contributed by atoms with Crippen LogP contribution in [-0.4, -0.2) is 34.8 Å². The number of urea groups is 1. The topological polar surface area (TPSA) is 64.7 Å². The number of benzene rings is 2. The van der Waals surface area contributed by atoms with Crippen molar-refractivity contribution in [1.29, 1.82) is 0 Å². The lowest BCUT2D eigenvalue weighted by Gasteiger charge is -2.34. The van der Waals surface area contributed by atoms with Crippen LogP contribution in [0.3, 0.4) is 0 Å². The molecule has 0 aromatic heterocycles. The van der Waals surface area contributed by atoms with Crippen LogP contribution in [0.25, 0.3) is 0 Å². The molecule has 0 radical (unpaired) electrons. The van der Waals surface area contributed by atoms with Crippen molar-refractivity contribution in [2.24, 2.45) is 0 Å². The fourth-order valence-corrected chi connectivity index (χ4v) is 4.32. The normalized spacial score (nSPS) is 15.1. The van der Waals surface area contributed by atoms with E-state index in [1.807, 2.05) is 36.3 Å². The lowest BCUT2D eigenvalue weighted by Crippen LogP contribution is -2.37. The van der Waals surface area contributed by atoms with Crippen LogP contribution >= 0.6 is 0 Å². The standard InChI is InChI=1S/C27H28F2N4O2/c1-3-32-14-5-4-10-24-23(32)11-7-15-33(24)26(34)19-12-13-20(18(2)16-19)17-30-27(35)31-25-21(28)8-6-9-22(25)29/h4-6,8-10,12-14,16H,3,7,11,15,17H2,1-2H3,(H2,30,31,35). The Morgan fingerprint density at radius 3 is 2.57 bits per heavy atom. The number of halogens is 2. The lowest BCUT2D eigenvalue weighted by atomic mass is 10.0. The molecule has 8 heteroatoms. The molecule has 182 valence electrons. The number of aryl methyl sites for hydroxylation is 1. The monoisotopic (exact) mass is 478 g/mol. The summed E-state index contributed by atoms with van der Waals surface area (Å²) < 4.78 is 27.5.